The Hall–Kier alpha value is -1.56. The van der Waals surface area contributed by atoms with E-state index in [4.69, 9.17) is 4.74 Å². The standard InChI is InChI=1S/C20H27BrN2O3/c21-16-8-4-9-17(14-16)26-13-11-22-19(24)18-10-5-12-23(18)20(25)15-6-2-1-3-7-15/h4,8-9,14-15,18H,1-3,5-7,10-13H2,(H,22,24). The molecular formula is C20H27BrN2O3. The molecule has 5 nitrogen and oxygen atoms in total. The average molecular weight is 423 g/mol. The summed E-state index contributed by atoms with van der Waals surface area (Å²) in [5.74, 6) is 1.03. The molecule has 0 radical (unpaired) electrons. The molecule has 1 saturated heterocycles. The normalized spacial score (nSPS) is 20.8. The van der Waals surface area contributed by atoms with Gasteiger partial charge in [0.15, 0.2) is 0 Å². The Bertz CT molecular complexity index is 631. The number of carbonyl (C=O) groups is 2. The number of hydrogen-bond acceptors (Lipinski definition) is 3. The van der Waals surface area contributed by atoms with Crippen molar-refractivity contribution in [1.29, 1.82) is 0 Å². The molecule has 2 fully saturated rings. The molecular weight excluding hydrogens is 396 g/mol. The summed E-state index contributed by atoms with van der Waals surface area (Å²) in [4.78, 5) is 27.1. The molecule has 0 aromatic heterocycles. The Morgan fingerprint density at radius 1 is 1.15 bits per heavy atom. The largest absolute Gasteiger partial charge is 0.492 e. The van der Waals surface area contributed by atoms with Crippen molar-refractivity contribution >= 4 is 27.7 Å². The van der Waals surface area contributed by atoms with Crippen LogP contribution in [0.15, 0.2) is 28.7 Å². The summed E-state index contributed by atoms with van der Waals surface area (Å²) in [5, 5.41) is 2.93. The van der Waals surface area contributed by atoms with Gasteiger partial charge >= 0.3 is 0 Å². The highest BCUT2D eigenvalue weighted by molar-refractivity contribution is 9.10. The number of amides is 2. The maximum atomic E-state index is 12.8. The summed E-state index contributed by atoms with van der Waals surface area (Å²) in [6.07, 6.45) is 7.12. The molecule has 2 amide bonds. The number of benzene rings is 1. The van der Waals surface area contributed by atoms with Crippen LogP contribution in [0.2, 0.25) is 0 Å². The van der Waals surface area contributed by atoms with Crippen molar-refractivity contribution in [1.82, 2.24) is 10.2 Å². The van der Waals surface area contributed by atoms with E-state index >= 15 is 0 Å². The maximum Gasteiger partial charge on any atom is 0.242 e. The van der Waals surface area contributed by atoms with Crippen LogP contribution in [0.4, 0.5) is 0 Å². The van der Waals surface area contributed by atoms with Crippen LogP contribution < -0.4 is 10.1 Å². The molecule has 26 heavy (non-hydrogen) atoms. The van der Waals surface area contributed by atoms with Gasteiger partial charge in [0.1, 0.15) is 18.4 Å². The predicted molar refractivity (Wildman–Crippen MR) is 104 cm³/mol. The summed E-state index contributed by atoms with van der Waals surface area (Å²) < 4.78 is 6.60. The number of nitrogens with one attached hydrogen (secondary N) is 1. The van der Waals surface area contributed by atoms with Crippen LogP contribution >= 0.6 is 15.9 Å². The third kappa shape index (κ3) is 5.00. The first-order valence-corrected chi connectivity index (χ1v) is 10.4. The molecule has 1 saturated carbocycles. The van der Waals surface area contributed by atoms with Crippen molar-refractivity contribution in [2.75, 3.05) is 19.7 Å². The maximum absolute atomic E-state index is 12.8. The third-order valence-corrected chi connectivity index (χ3v) is 5.75. The molecule has 0 bridgehead atoms. The molecule has 0 spiro atoms. The zero-order valence-corrected chi connectivity index (χ0v) is 16.7. The fourth-order valence-corrected chi connectivity index (χ4v) is 4.28. The van der Waals surface area contributed by atoms with E-state index in [-0.39, 0.29) is 23.8 Å². The second kappa shape index (κ2) is 9.40. The lowest BCUT2D eigenvalue weighted by atomic mass is 9.88. The van der Waals surface area contributed by atoms with E-state index in [1.165, 1.54) is 6.42 Å². The number of likely N-dealkylation sites (tertiary alicyclic amines) is 1. The smallest absolute Gasteiger partial charge is 0.242 e. The number of hydrogen-bond donors (Lipinski definition) is 1. The Morgan fingerprint density at radius 3 is 2.73 bits per heavy atom. The van der Waals surface area contributed by atoms with Crippen molar-refractivity contribution in [3.05, 3.63) is 28.7 Å². The molecule has 1 heterocycles. The fraction of sp³-hybridized carbons (Fsp3) is 0.600. The fourth-order valence-electron chi connectivity index (χ4n) is 3.90. The molecule has 1 aliphatic carbocycles. The van der Waals surface area contributed by atoms with Crippen LogP contribution in [-0.4, -0.2) is 42.5 Å². The molecule has 1 N–H and O–H groups in total. The van der Waals surface area contributed by atoms with E-state index < -0.39 is 0 Å². The molecule has 6 heteroatoms. The summed E-state index contributed by atoms with van der Waals surface area (Å²) in [7, 11) is 0. The molecule has 3 rings (SSSR count). The summed E-state index contributed by atoms with van der Waals surface area (Å²) >= 11 is 3.40. The second-order valence-electron chi connectivity index (χ2n) is 7.12. The zero-order chi connectivity index (χ0) is 18.4. The molecule has 1 aromatic carbocycles. The van der Waals surface area contributed by atoms with E-state index in [0.29, 0.717) is 19.7 Å². The Balaban J connectivity index is 1.45. The minimum absolute atomic E-state index is 0.0514. The average Bonchev–Trinajstić information content (AvgIpc) is 3.15. The summed E-state index contributed by atoms with van der Waals surface area (Å²) in [6.45, 7) is 1.56. The van der Waals surface area contributed by atoms with E-state index in [1.54, 1.807) is 0 Å². The van der Waals surface area contributed by atoms with Gasteiger partial charge in [-0.05, 0) is 43.9 Å². The van der Waals surface area contributed by atoms with Gasteiger partial charge in [0.05, 0.1) is 6.54 Å². The van der Waals surface area contributed by atoms with Gasteiger partial charge in [-0.2, -0.15) is 0 Å². The Morgan fingerprint density at radius 2 is 1.96 bits per heavy atom. The van der Waals surface area contributed by atoms with E-state index in [9.17, 15) is 9.59 Å². The van der Waals surface area contributed by atoms with Gasteiger partial charge in [-0.25, -0.2) is 0 Å². The Kier molecular flexibility index (Phi) is 6.94. The lowest BCUT2D eigenvalue weighted by Gasteiger charge is -2.30. The molecule has 142 valence electrons. The summed E-state index contributed by atoms with van der Waals surface area (Å²) in [5.41, 5.74) is 0. The minimum atomic E-state index is -0.310. The van der Waals surface area contributed by atoms with Gasteiger partial charge in [-0.1, -0.05) is 41.3 Å². The first-order chi connectivity index (χ1) is 12.6. The van der Waals surface area contributed by atoms with Gasteiger partial charge in [0.25, 0.3) is 0 Å². The van der Waals surface area contributed by atoms with E-state index in [1.807, 2.05) is 29.2 Å². The topological polar surface area (TPSA) is 58.6 Å². The lowest BCUT2D eigenvalue weighted by molar-refractivity contribution is -0.142. The van der Waals surface area contributed by atoms with Gasteiger partial charge in [0, 0.05) is 16.9 Å². The van der Waals surface area contributed by atoms with Gasteiger partial charge < -0.3 is 15.0 Å². The molecule has 1 atom stereocenters. The van der Waals surface area contributed by atoms with Crippen molar-refractivity contribution in [3.8, 4) is 5.75 Å². The van der Waals surface area contributed by atoms with Crippen molar-refractivity contribution in [2.24, 2.45) is 5.92 Å². The van der Waals surface area contributed by atoms with Crippen LogP contribution in [0.25, 0.3) is 0 Å². The van der Waals surface area contributed by atoms with Crippen molar-refractivity contribution in [3.63, 3.8) is 0 Å². The van der Waals surface area contributed by atoms with E-state index in [2.05, 4.69) is 21.2 Å². The van der Waals surface area contributed by atoms with Crippen LogP contribution in [0.3, 0.4) is 0 Å². The van der Waals surface area contributed by atoms with Crippen LogP contribution in [0, 0.1) is 5.92 Å². The quantitative estimate of drug-likeness (QED) is 0.713. The van der Waals surface area contributed by atoms with Crippen molar-refractivity contribution < 1.29 is 14.3 Å². The SMILES string of the molecule is O=C(NCCOc1cccc(Br)c1)C1CCCN1C(=O)C1CCCCC1. The number of nitrogens with zero attached hydrogens (tertiary/aromatic N) is 1. The van der Waals surface area contributed by atoms with Crippen LogP contribution in [0.5, 0.6) is 5.75 Å². The molecule has 1 aliphatic heterocycles. The number of carbonyl (C=O) groups excluding carboxylic acids is 2. The van der Waals surface area contributed by atoms with Crippen molar-refractivity contribution in [2.45, 2.75) is 51.0 Å². The Labute approximate surface area is 163 Å². The molecule has 2 aliphatic rings. The first-order valence-electron chi connectivity index (χ1n) is 9.62. The highest BCUT2D eigenvalue weighted by Gasteiger charge is 2.37. The monoisotopic (exact) mass is 422 g/mol. The highest BCUT2D eigenvalue weighted by Crippen LogP contribution is 2.28. The first kappa shape index (κ1) is 19.2. The number of halogens is 1. The second-order valence-corrected chi connectivity index (χ2v) is 8.04. The highest BCUT2D eigenvalue weighted by atomic mass is 79.9. The van der Waals surface area contributed by atoms with Gasteiger partial charge in [0.2, 0.25) is 11.8 Å². The lowest BCUT2D eigenvalue weighted by Crippen LogP contribution is -2.48. The zero-order valence-electron chi connectivity index (χ0n) is 15.1. The summed E-state index contributed by atoms with van der Waals surface area (Å²) in [6, 6.07) is 7.31. The van der Waals surface area contributed by atoms with Gasteiger partial charge in [-0.15, -0.1) is 0 Å². The number of ether oxygens (including phenoxy) is 1. The van der Waals surface area contributed by atoms with Gasteiger partial charge in [-0.3, -0.25) is 9.59 Å². The number of rotatable bonds is 6. The molecule has 1 aromatic rings. The van der Waals surface area contributed by atoms with E-state index in [0.717, 1.165) is 48.7 Å². The minimum Gasteiger partial charge on any atom is -0.492 e. The predicted octanol–water partition coefficient (Wildman–Crippen LogP) is 3.52. The van der Waals surface area contributed by atoms with Crippen LogP contribution in [0.1, 0.15) is 44.9 Å². The van der Waals surface area contributed by atoms with Crippen LogP contribution in [-0.2, 0) is 9.59 Å². The third-order valence-electron chi connectivity index (χ3n) is 5.26. The molecule has 1 unspecified atom stereocenters.